The van der Waals surface area contributed by atoms with Gasteiger partial charge in [0.1, 0.15) is 5.69 Å². The third-order valence-electron chi connectivity index (χ3n) is 3.83. The zero-order chi connectivity index (χ0) is 17.6. The molecule has 2 heterocycles. The highest BCUT2D eigenvalue weighted by atomic mass is 16.5. The number of rotatable bonds is 4. The number of nitrogens with zero attached hydrogens (tertiary/aromatic N) is 3. The number of methoxy groups -OCH3 is 1. The molecule has 0 spiro atoms. The van der Waals surface area contributed by atoms with Crippen LogP contribution in [0.1, 0.15) is 20.8 Å². The largest absolute Gasteiger partial charge is 0.465 e. The normalized spacial score (nSPS) is 14.0. The summed E-state index contributed by atoms with van der Waals surface area (Å²) in [5.74, 6) is -0.970. The number of benzene rings is 1. The smallest absolute Gasteiger partial charge is 0.340 e. The molecule has 1 saturated heterocycles. The zero-order valence-corrected chi connectivity index (χ0v) is 13.8. The monoisotopic (exact) mass is 342 g/mol. The molecule has 1 fully saturated rings. The molecule has 0 bridgehead atoms. The second kappa shape index (κ2) is 7.71. The quantitative estimate of drug-likeness (QED) is 0.838. The summed E-state index contributed by atoms with van der Waals surface area (Å²) >= 11 is 0. The molecule has 2 aromatic rings. The standard InChI is InChI=1S/C17H18N4O4/c1-24-17(23)13-10-12(21-6-8-25-9-7-21)2-3-14(13)20-16(22)15-11-18-4-5-19-15/h2-5,10-11H,6-9H2,1H3,(H,20,22). The van der Waals surface area contributed by atoms with Gasteiger partial charge in [-0.15, -0.1) is 0 Å². The zero-order valence-electron chi connectivity index (χ0n) is 13.8. The van der Waals surface area contributed by atoms with Crippen LogP contribution in [0.25, 0.3) is 0 Å². The second-order valence-corrected chi connectivity index (χ2v) is 5.37. The van der Waals surface area contributed by atoms with Gasteiger partial charge in [-0.2, -0.15) is 0 Å². The Balaban J connectivity index is 1.87. The minimum absolute atomic E-state index is 0.163. The summed E-state index contributed by atoms with van der Waals surface area (Å²) in [5.41, 5.74) is 1.68. The highest BCUT2D eigenvalue weighted by Crippen LogP contribution is 2.25. The molecule has 130 valence electrons. The number of carbonyl (C=O) groups excluding carboxylic acids is 2. The summed E-state index contributed by atoms with van der Waals surface area (Å²) in [6.45, 7) is 2.76. The maximum atomic E-state index is 12.3. The van der Waals surface area contributed by atoms with Gasteiger partial charge >= 0.3 is 5.97 Å². The van der Waals surface area contributed by atoms with E-state index in [0.29, 0.717) is 18.9 Å². The van der Waals surface area contributed by atoms with Crippen LogP contribution in [-0.4, -0.2) is 55.3 Å². The molecule has 3 rings (SSSR count). The molecular weight excluding hydrogens is 324 g/mol. The lowest BCUT2D eigenvalue weighted by atomic mass is 10.1. The molecule has 1 aliphatic rings. The topological polar surface area (TPSA) is 93.7 Å². The van der Waals surface area contributed by atoms with Gasteiger partial charge in [0, 0.05) is 31.2 Å². The Morgan fingerprint density at radius 1 is 1.24 bits per heavy atom. The Kier molecular flexibility index (Phi) is 5.20. The molecule has 8 nitrogen and oxygen atoms in total. The van der Waals surface area contributed by atoms with Crippen LogP contribution in [0.4, 0.5) is 11.4 Å². The molecule has 0 atom stereocenters. The lowest BCUT2D eigenvalue weighted by molar-refractivity contribution is 0.0602. The molecule has 1 aliphatic heterocycles. The van der Waals surface area contributed by atoms with Crippen LogP contribution < -0.4 is 10.2 Å². The van der Waals surface area contributed by atoms with Crippen molar-refractivity contribution in [2.24, 2.45) is 0 Å². The van der Waals surface area contributed by atoms with Gasteiger partial charge < -0.3 is 19.7 Å². The van der Waals surface area contributed by atoms with E-state index in [-0.39, 0.29) is 11.3 Å². The molecule has 1 amide bonds. The second-order valence-electron chi connectivity index (χ2n) is 5.37. The number of aromatic nitrogens is 2. The van der Waals surface area contributed by atoms with E-state index in [1.165, 1.54) is 25.7 Å². The van der Waals surface area contributed by atoms with Crippen molar-refractivity contribution in [3.8, 4) is 0 Å². The number of nitrogens with one attached hydrogen (secondary N) is 1. The molecule has 0 radical (unpaired) electrons. The van der Waals surface area contributed by atoms with Gasteiger partial charge in [0.2, 0.25) is 0 Å². The summed E-state index contributed by atoms with van der Waals surface area (Å²) in [5, 5.41) is 2.69. The van der Waals surface area contributed by atoms with Crippen LogP contribution in [0, 0.1) is 0 Å². The van der Waals surface area contributed by atoms with E-state index < -0.39 is 11.9 Å². The average molecular weight is 342 g/mol. The average Bonchev–Trinajstić information content (AvgIpc) is 2.69. The summed E-state index contributed by atoms with van der Waals surface area (Å²) < 4.78 is 10.2. The van der Waals surface area contributed by atoms with Crippen LogP contribution in [0.5, 0.6) is 0 Å². The number of hydrogen-bond acceptors (Lipinski definition) is 7. The summed E-state index contributed by atoms with van der Waals surface area (Å²) in [6, 6.07) is 5.25. The molecule has 0 unspecified atom stereocenters. The fourth-order valence-electron chi connectivity index (χ4n) is 2.54. The molecule has 0 aliphatic carbocycles. The Hall–Kier alpha value is -3.00. The number of amides is 1. The number of carbonyl (C=O) groups is 2. The van der Waals surface area contributed by atoms with Gasteiger partial charge in [0.05, 0.1) is 37.8 Å². The number of hydrogen-bond donors (Lipinski definition) is 1. The molecule has 1 aromatic heterocycles. The maximum absolute atomic E-state index is 12.3. The Morgan fingerprint density at radius 3 is 2.72 bits per heavy atom. The predicted octanol–water partition coefficient (Wildman–Crippen LogP) is 1.35. The highest BCUT2D eigenvalue weighted by molar-refractivity contribution is 6.07. The first-order valence-electron chi connectivity index (χ1n) is 7.81. The van der Waals surface area contributed by atoms with Gasteiger partial charge in [0.15, 0.2) is 0 Å². The van der Waals surface area contributed by atoms with Crippen LogP contribution in [-0.2, 0) is 9.47 Å². The van der Waals surface area contributed by atoms with Crippen molar-refractivity contribution in [1.29, 1.82) is 0 Å². The van der Waals surface area contributed by atoms with Crippen LogP contribution >= 0.6 is 0 Å². The number of morpholine rings is 1. The molecular formula is C17H18N4O4. The Morgan fingerprint density at radius 2 is 2.04 bits per heavy atom. The van der Waals surface area contributed by atoms with Crippen LogP contribution in [0.15, 0.2) is 36.8 Å². The van der Waals surface area contributed by atoms with E-state index in [0.717, 1.165) is 18.8 Å². The van der Waals surface area contributed by atoms with E-state index in [1.807, 2.05) is 6.07 Å². The van der Waals surface area contributed by atoms with Crippen molar-refractivity contribution in [3.05, 3.63) is 48.0 Å². The summed E-state index contributed by atoms with van der Waals surface area (Å²) in [4.78, 5) is 34.3. The third-order valence-corrected chi connectivity index (χ3v) is 3.83. The van der Waals surface area contributed by atoms with E-state index in [4.69, 9.17) is 9.47 Å². The Labute approximate surface area is 144 Å². The van der Waals surface area contributed by atoms with Crippen molar-refractivity contribution in [1.82, 2.24) is 9.97 Å². The van der Waals surface area contributed by atoms with Gasteiger partial charge in [-0.25, -0.2) is 9.78 Å². The molecule has 0 saturated carbocycles. The van der Waals surface area contributed by atoms with Crippen molar-refractivity contribution < 1.29 is 19.1 Å². The number of anilines is 2. The predicted molar refractivity (Wildman–Crippen MR) is 90.8 cm³/mol. The van der Waals surface area contributed by atoms with E-state index >= 15 is 0 Å². The molecule has 8 heteroatoms. The first-order valence-corrected chi connectivity index (χ1v) is 7.81. The van der Waals surface area contributed by atoms with Crippen LogP contribution in [0.2, 0.25) is 0 Å². The van der Waals surface area contributed by atoms with Gasteiger partial charge in [-0.3, -0.25) is 9.78 Å². The van der Waals surface area contributed by atoms with Crippen molar-refractivity contribution in [2.75, 3.05) is 43.6 Å². The van der Waals surface area contributed by atoms with Gasteiger partial charge in [0.25, 0.3) is 5.91 Å². The minimum atomic E-state index is -0.524. The first kappa shape index (κ1) is 16.8. The van der Waals surface area contributed by atoms with Crippen molar-refractivity contribution in [3.63, 3.8) is 0 Å². The third kappa shape index (κ3) is 3.92. The van der Waals surface area contributed by atoms with Crippen LogP contribution in [0.3, 0.4) is 0 Å². The van der Waals surface area contributed by atoms with Gasteiger partial charge in [-0.1, -0.05) is 0 Å². The van der Waals surface area contributed by atoms with E-state index in [2.05, 4.69) is 20.2 Å². The summed E-state index contributed by atoms with van der Waals surface area (Å²) in [7, 11) is 1.30. The number of esters is 1. The SMILES string of the molecule is COC(=O)c1cc(N2CCOCC2)ccc1NC(=O)c1cnccn1. The number of ether oxygens (including phenoxy) is 2. The highest BCUT2D eigenvalue weighted by Gasteiger charge is 2.19. The van der Waals surface area contributed by atoms with Gasteiger partial charge in [-0.05, 0) is 18.2 Å². The maximum Gasteiger partial charge on any atom is 0.340 e. The lowest BCUT2D eigenvalue weighted by Crippen LogP contribution is -2.36. The fraction of sp³-hybridized carbons (Fsp3) is 0.294. The Bertz CT molecular complexity index is 760. The lowest BCUT2D eigenvalue weighted by Gasteiger charge is -2.29. The van der Waals surface area contributed by atoms with Crippen molar-refractivity contribution >= 4 is 23.3 Å². The first-order chi connectivity index (χ1) is 12.2. The van der Waals surface area contributed by atoms with E-state index in [1.54, 1.807) is 12.1 Å². The minimum Gasteiger partial charge on any atom is -0.465 e. The summed E-state index contributed by atoms with van der Waals surface area (Å²) in [6.07, 6.45) is 4.26. The molecule has 25 heavy (non-hydrogen) atoms. The molecule has 1 N–H and O–H groups in total. The fourth-order valence-corrected chi connectivity index (χ4v) is 2.54. The molecule has 1 aromatic carbocycles. The van der Waals surface area contributed by atoms with Crippen molar-refractivity contribution in [2.45, 2.75) is 0 Å². The van der Waals surface area contributed by atoms with E-state index in [9.17, 15) is 9.59 Å².